The number of rotatable bonds is 5. The number of hydrogen-bond donors (Lipinski definition) is 0. The number of nitrogens with zero attached hydrogens (tertiary/aromatic N) is 4. The van der Waals surface area contributed by atoms with Crippen LogP contribution in [0.2, 0.25) is 0 Å². The fourth-order valence-corrected chi connectivity index (χ4v) is 4.57. The lowest BCUT2D eigenvalue weighted by Gasteiger charge is -2.47. The molecule has 0 aromatic heterocycles. The van der Waals surface area contributed by atoms with Gasteiger partial charge in [-0.15, -0.1) is 0 Å². The maximum absolute atomic E-state index is 11.9. The average Bonchev–Trinajstić information content (AvgIpc) is 3.00. The van der Waals surface area contributed by atoms with Crippen molar-refractivity contribution >= 4 is 12.1 Å². The third-order valence-corrected chi connectivity index (χ3v) is 6.36. The van der Waals surface area contributed by atoms with Gasteiger partial charge in [-0.3, -0.25) is 14.6 Å². The highest BCUT2D eigenvalue weighted by Crippen LogP contribution is 2.29. The van der Waals surface area contributed by atoms with E-state index in [9.17, 15) is 9.59 Å². The SMILES string of the molecule is COC(=O)CN1CCN(C2CN(C)C(=O)O2)CC1C1CCN(C(C)C)CC1. The molecule has 2 unspecified atom stereocenters. The summed E-state index contributed by atoms with van der Waals surface area (Å²) in [5.74, 6) is 0.363. The van der Waals surface area contributed by atoms with Gasteiger partial charge in [-0.2, -0.15) is 0 Å². The minimum absolute atomic E-state index is 0.180. The van der Waals surface area contributed by atoms with Crippen LogP contribution in [0.25, 0.3) is 0 Å². The van der Waals surface area contributed by atoms with Crippen molar-refractivity contribution in [3.05, 3.63) is 0 Å². The van der Waals surface area contributed by atoms with Crippen molar-refractivity contribution < 1.29 is 19.1 Å². The van der Waals surface area contributed by atoms with E-state index in [1.54, 1.807) is 11.9 Å². The fraction of sp³-hybridized carbons (Fsp3) is 0.895. The van der Waals surface area contributed by atoms with Crippen molar-refractivity contribution in [3.63, 3.8) is 0 Å². The quantitative estimate of drug-likeness (QED) is 0.648. The second-order valence-corrected chi connectivity index (χ2v) is 8.29. The van der Waals surface area contributed by atoms with E-state index in [0.717, 1.165) is 45.6 Å². The number of carbonyl (C=O) groups is 2. The molecule has 3 aliphatic heterocycles. The third kappa shape index (κ3) is 4.73. The van der Waals surface area contributed by atoms with Gasteiger partial charge in [0, 0.05) is 38.8 Å². The van der Waals surface area contributed by atoms with Crippen molar-refractivity contribution in [1.82, 2.24) is 19.6 Å². The van der Waals surface area contributed by atoms with Gasteiger partial charge in [0.15, 0.2) is 6.23 Å². The molecule has 8 heteroatoms. The molecule has 3 fully saturated rings. The molecule has 27 heavy (non-hydrogen) atoms. The minimum Gasteiger partial charge on any atom is -0.468 e. The van der Waals surface area contributed by atoms with E-state index < -0.39 is 0 Å². The standard InChI is InChI=1S/C19H34N4O4/c1-14(2)21-7-5-15(6-8-21)16-11-23(17-12-20(3)19(25)27-17)10-9-22(16)13-18(24)26-4/h14-17H,5-13H2,1-4H3. The zero-order chi connectivity index (χ0) is 19.6. The molecule has 1 amide bonds. The van der Waals surface area contributed by atoms with Crippen LogP contribution in [0.5, 0.6) is 0 Å². The maximum atomic E-state index is 11.9. The van der Waals surface area contributed by atoms with Crippen LogP contribution < -0.4 is 0 Å². The van der Waals surface area contributed by atoms with Gasteiger partial charge < -0.3 is 19.3 Å². The summed E-state index contributed by atoms with van der Waals surface area (Å²) in [5.41, 5.74) is 0. The average molecular weight is 383 g/mol. The number of carbonyl (C=O) groups excluding carboxylic acids is 2. The number of hydrogen-bond acceptors (Lipinski definition) is 7. The summed E-state index contributed by atoms with van der Waals surface area (Å²) in [4.78, 5) is 32.4. The highest BCUT2D eigenvalue weighted by atomic mass is 16.6. The monoisotopic (exact) mass is 382 g/mol. The van der Waals surface area contributed by atoms with Gasteiger partial charge in [0.25, 0.3) is 0 Å². The molecule has 3 aliphatic rings. The number of likely N-dealkylation sites (N-methyl/N-ethyl adjacent to an activating group) is 1. The van der Waals surface area contributed by atoms with Crippen molar-refractivity contribution in [3.8, 4) is 0 Å². The Morgan fingerprint density at radius 3 is 2.44 bits per heavy atom. The zero-order valence-corrected chi connectivity index (χ0v) is 17.1. The lowest BCUT2D eigenvalue weighted by Crippen LogP contribution is -2.60. The molecule has 8 nitrogen and oxygen atoms in total. The molecule has 0 bridgehead atoms. The van der Waals surface area contributed by atoms with Gasteiger partial charge in [-0.25, -0.2) is 4.79 Å². The lowest BCUT2D eigenvalue weighted by atomic mass is 9.86. The molecule has 0 radical (unpaired) electrons. The number of piperazine rings is 1. The first-order valence-electron chi connectivity index (χ1n) is 10.1. The Bertz CT molecular complexity index is 536. The Morgan fingerprint density at radius 2 is 1.89 bits per heavy atom. The van der Waals surface area contributed by atoms with E-state index >= 15 is 0 Å². The van der Waals surface area contributed by atoms with Gasteiger partial charge in [0.1, 0.15) is 0 Å². The Kier molecular flexibility index (Phi) is 6.60. The first-order valence-corrected chi connectivity index (χ1v) is 10.1. The second-order valence-electron chi connectivity index (χ2n) is 8.29. The molecule has 0 aliphatic carbocycles. The van der Waals surface area contributed by atoms with Crippen molar-refractivity contribution in [2.75, 3.05) is 60.0 Å². The maximum Gasteiger partial charge on any atom is 0.411 e. The predicted octanol–water partition coefficient (Wildman–Crippen LogP) is 0.674. The van der Waals surface area contributed by atoms with Crippen LogP contribution in [0.1, 0.15) is 26.7 Å². The molecule has 0 N–H and O–H groups in total. The number of amides is 1. The van der Waals surface area contributed by atoms with E-state index in [1.165, 1.54) is 7.11 Å². The number of esters is 1. The van der Waals surface area contributed by atoms with Gasteiger partial charge in [0.2, 0.25) is 0 Å². The highest BCUT2D eigenvalue weighted by molar-refractivity contribution is 5.71. The summed E-state index contributed by atoms with van der Waals surface area (Å²) < 4.78 is 10.4. The van der Waals surface area contributed by atoms with Crippen molar-refractivity contribution in [2.24, 2.45) is 5.92 Å². The smallest absolute Gasteiger partial charge is 0.411 e. The summed E-state index contributed by atoms with van der Waals surface area (Å²) in [6, 6.07) is 0.866. The topological polar surface area (TPSA) is 65.6 Å². The van der Waals surface area contributed by atoms with Crippen molar-refractivity contribution in [1.29, 1.82) is 0 Å². The molecule has 0 aromatic rings. The molecule has 0 saturated carbocycles. The van der Waals surface area contributed by atoms with Crippen molar-refractivity contribution in [2.45, 2.75) is 45.0 Å². The minimum atomic E-state index is -0.251. The van der Waals surface area contributed by atoms with Crippen LogP contribution in [0, 0.1) is 5.92 Å². The number of methoxy groups -OCH3 is 1. The van der Waals surface area contributed by atoms with Crippen LogP contribution in [0.3, 0.4) is 0 Å². The molecule has 3 rings (SSSR count). The van der Waals surface area contributed by atoms with E-state index in [1.807, 2.05) is 0 Å². The molecule has 0 aromatic carbocycles. The number of piperidine rings is 1. The van der Waals surface area contributed by atoms with Crippen LogP contribution in [-0.2, 0) is 14.3 Å². The number of cyclic esters (lactones) is 1. The molecule has 2 atom stereocenters. The molecule has 3 heterocycles. The van der Waals surface area contributed by atoms with Crippen LogP contribution in [0.4, 0.5) is 4.79 Å². The summed E-state index contributed by atoms with van der Waals surface area (Å²) >= 11 is 0. The second kappa shape index (κ2) is 8.75. The van der Waals surface area contributed by atoms with Gasteiger partial charge in [-0.1, -0.05) is 0 Å². The molecular weight excluding hydrogens is 348 g/mol. The van der Waals surface area contributed by atoms with Gasteiger partial charge >= 0.3 is 12.1 Å². The van der Waals surface area contributed by atoms with E-state index in [2.05, 4.69) is 28.5 Å². The summed E-state index contributed by atoms with van der Waals surface area (Å²) in [7, 11) is 3.22. The summed E-state index contributed by atoms with van der Waals surface area (Å²) in [5, 5.41) is 0. The summed E-state index contributed by atoms with van der Waals surface area (Å²) in [6.07, 6.45) is 1.84. The highest BCUT2D eigenvalue weighted by Gasteiger charge is 2.41. The zero-order valence-electron chi connectivity index (χ0n) is 17.1. The lowest BCUT2D eigenvalue weighted by molar-refractivity contribution is -0.144. The molecular formula is C19H34N4O4. The van der Waals surface area contributed by atoms with Crippen LogP contribution in [0.15, 0.2) is 0 Å². The third-order valence-electron chi connectivity index (χ3n) is 6.36. The number of ether oxygens (including phenoxy) is 2. The van der Waals surface area contributed by atoms with Gasteiger partial charge in [0.05, 0.1) is 20.2 Å². The Morgan fingerprint density at radius 1 is 1.19 bits per heavy atom. The predicted molar refractivity (Wildman–Crippen MR) is 101 cm³/mol. The first kappa shape index (κ1) is 20.4. The number of likely N-dealkylation sites (tertiary alicyclic amines) is 1. The summed E-state index contributed by atoms with van der Waals surface area (Å²) in [6.45, 7) is 10.1. The largest absolute Gasteiger partial charge is 0.468 e. The fourth-order valence-electron chi connectivity index (χ4n) is 4.57. The molecule has 0 spiro atoms. The Labute approximate surface area is 162 Å². The molecule has 154 valence electrons. The van der Waals surface area contributed by atoms with E-state index in [0.29, 0.717) is 25.0 Å². The van der Waals surface area contributed by atoms with E-state index in [4.69, 9.17) is 9.47 Å². The Hall–Kier alpha value is -1.38. The van der Waals surface area contributed by atoms with Crippen LogP contribution >= 0.6 is 0 Å². The molecule has 3 saturated heterocycles. The van der Waals surface area contributed by atoms with Gasteiger partial charge in [-0.05, 0) is 45.7 Å². The van der Waals surface area contributed by atoms with E-state index in [-0.39, 0.29) is 24.3 Å². The van der Waals surface area contributed by atoms with Crippen LogP contribution in [-0.4, -0.2) is 110 Å². The Balaban J connectivity index is 1.66. The first-order chi connectivity index (χ1) is 12.9. The normalized spacial score (nSPS) is 29.4.